The second-order valence-electron chi connectivity index (χ2n) is 4.16. The summed E-state index contributed by atoms with van der Waals surface area (Å²) in [5, 5.41) is 18.2. The number of hydrogen-bond donors (Lipinski definition) is 1. The minimum Gasteiger partial charge on any atom is -0.392 e. The van der Waals surface area contributed by atoms with Gasteiger partial charge in [0.25, 0.3) is 0 Å². The maximum absolute atomic E-state index is 13.6. The van der Waals surface area contributed by atoms with E-state index in [1.54, 1.807) is 4.90 Å². The summed E-state index contributed by atoms with van der Waals surface area (Å²) in [6.07, 6.45) is -0.279. The standard InChI is InChI=1S/C12H12F2N2O/c13-8-1-2-11(14)10(5-8)12-6-9(17)7-16(12)4-3-15/h1-2,5,9,12,17H,4,6-7H2/t9-,12+/m1/s1. The van der Waals surface area contributed by atoms with Gasteiger partial charge >= 0.3 is 0 Å². The number of aliphatic hydroxyl groups is 1. The van der Waals surface area contributed by atoms with E-state index < -0.39 is 23.8 Å². The summed E-state index contributed by atoms with van der Waals surface area (Å²) in [6.45, 7) is 0.409. The molecular formula is C12H12F2N2O. The minimum absolute atomic E-state index is 0.0949. The third-order valence-corrected chi connectivity index (χ3v) is 2.97. The molecule has 0 spiro atoms. The van der Waals surface area contributed by atoms with Crippen LogP contribution in [0.4, 0.5) is 8.78 Å². The van der Waals surface area contributed by atoms with Crippen LogP contribution in [0.2, 0.25) is 0 Å². The fourth-order valence-electron chi connectivity index (χ4n) is 2.24. The molecule has 0 unspecified atom stereocenters. The fourth-order valence-corrected chi connectivity index (χ4v) is 2.24. The van der Waals surface area contributed by atoms with Crippen molar-refractivity contribution in [1.29, 1.82) is 5.26 Å². The van der Waals surface area contributed by atoms with Gasteiger partial charge in [0, 0.05) is 18.2 Å². The average molecular weight is 238 g/mol. The molecule has 1 aliphatic rings. The van der Waals surface area contributed by atoms with Crippen molar-refractivity contribution in [3.63, 3.8) is 0 Å². The van der Waals surface area contributed by atoms with Crippen LogP contribution in [-0.2, 0) is 0 Å². The average Bonchev–Trinajstić information content (AvgIpc) is 2.64. The van der Waals surface area contributed by atoms with E-state index >= 15 is 0 Å². The first-order valence-electron chi connectivity index (χ1n) is 5.36. The van der Waals surface area contributed by atoms with Gasteiger partial charge in [-0.2, -0.15) is 5.26 Å². The SMILES string of the molecule is N#CCN1C[C@H](O)C[C@H]1c1cc(F)ccc1F. The van der Waals surface area contributed by atoms with Gasteiger partial charge in [0.05, 0.1) is 18.7 Å². The molecule has 1 aromatic carbocycles. The quantitative estimate of drug-likeness (QED) is 0.796. The molecule has 0 amide bonds. The molecule has 2 rings (SSSR count). The normalized spacial score (nSPS) is 24.8. The van der Waals surface area contributed by atoms with Gasteiger partial charge in [-0.25, -0.2) is 8.78 Å². The number of β-amino-alcohol motifs (C(OH)–C–C–N with tert-alkyl or cyclic N) is 1. The molecule has 17 heavy (non-hydrogen) atoms. The highest BCUT2D eigenvalue weighted by Crippen LogP contribution is 2.33. The third-order valence-electron chi connectivity index (χ3n) is 2.97. The number of benzene rings is 1. The zero-order chi connectivity index (χ0) is 12.4. The summed E-state index contributed by atoms with van der Waals surface area (Å²) in [6, 6.07) is 4.78. The van der Waals surface area contributed by atoms with E-state index in [-0.39, 0.29) is 12.1 Å². The summed E-state index contributed by atoms with van der Waals surface area (Å²) in [7, 11) is 0. The highest BCUT2D eigenvalue weighted by molar-refractivity contribution is 5.24. The molecule has 0 aliphatic carbocycles. The molecule has 0 aromatic heterocycles. The minimum atomic E-state index is -0.601. The Morgan fingerprint density at radius 1 is 1.47 bits per heavy atom. The summed E-state index contributed by atoms with van der Waals surface area (Å²) >= 11 is 0. The second kappa shape index (κ2) is 4.78. The lowest BCUT2D eigenvalue weighted by Crippen LogP contribution is -2.25. The Bertz CT molecular complexity index is 458. The molecule has 1 aromatic rings. The monoisotopic (exact) mass is 238 g/mol. The maximum Gasteiger partial charge on any atom is 0.128 e. The summed E-state index contributed by atoms with van der Waals surface area (Å²) in [5.74, 6) is -1.02. The molecule has 1 saturated heterocycles. The molecule has 1 heterocycles. The van der Waals surface area contributed by atoms with Crippen LogP contribution in [0.15, 0.2) is 18.2 Å². The maximum atomic E-state index is 13.6. The van der Waals surface area contributed by atoms with Crippen LogP contribution in [0.5, 0.6) is 0 Å². The van der Waals surface area contributed by atoms with Crippen molar-refractivity contribution in [3.05, 3.63) is 35.4 Å². The van der Waals surface area contributed by atoms with Gasteiger partial charge in [0.2, 0.25) is 0 Å². The van der Waals surface area contributed by atoms with Gasteiger partial charge in [-0.15, -0.1) is 0 Å². The lowest BCUT2D eigenvalue weighted by atomic mass is 10.0. The van der Waals surface area contributed by atoms with Crippen LogP contribution < -0.4 is 0 Å². The van der Waals surface area contributed by atoms with Crippen molar-refractivity contribution < 1.29 is 13.9 Å². The molecule has 1 aliphatic heterocycles. The van der Waals surface area contributed by atoms with Gasteiger partial charge in [0.15, 0.2) is 0 Å². The number of halogens is 2. The van der Waals surface area contributed by atoms with Crippen molar-refractivity contribution in [1.82, 2.24) is 4.90 Å². The Labute approximate surface area is 97.9 Å². The first kappa shape index (κ1) is 12.0. The van der Waals surface area contributed by atoms with Crippen LogP contribution in [0.25, 0.3) is 0 Å². The highest BCUT2D eigenvalue weighted by Gasteiger charge is 2.33. The highest BCUT2D eigenvalue weighted by atomic mass is 19.1. The number of aliphatic hydroxyl groups excluding tert-OH is 1. The van der Waals surface area contributed by atoms with Crippen LogP contribution in [0, 0.1) is 23.0 Å². The molecule has 2 atom stereocenters. The first-order valence-corrected chi connectivity index (χ1v) is 5.36. The summed E-state index contributed by atoms with van der Waals surface area (Å²) in [4.78, 5) is 1.66. The Balaban J connectivity index is 2.31. The number of likely N-dealkylation sites (tertiary alicyclic amines) is 1. The molecular weight excluding hydrogens is 226 g/mol. The van der Waals surface area contributed by atoms with Crippen molar-refractivity contribution in [2.75, 3.05) is 13.1 Å². The summed E-state index contributed by atoms with van der Waals surface area (Å²) in [5.41, 5.74) is 0.205. The summed E-state index contributed by atoms with van der Waals surface area (Å²) < 4.78 is 26.7. The van der Waals surface area contributed by atoms with E-state index in [0.717, 1.165) is 18.2 Å². The van der Waals surface area contributed by atoms with Crippen molar-refractivity contribution in [2.45, 2.75) is 18.6 Å². The van der Waals surface area contributed by atoms with Gasteiger partial charge in [-0.05, 0) is 24.6 Å². The molecule has 0 bridgehead atoms. The predicted molar refractivity (Wildman–Crippen MR) is 56.9 cm³/mol. The fraction of sp³-hybridized carbons (Fsp3) is 0.417. The topological polar surface area (TPSA) is 47.3 Å². The zero-order valence-electron chi connectivity index (χ0n) is 9.11. The lowest BCUT2D eigenvalue weighted by Gasteiger charge is -2.21. The van der Waals surface area contributed by atoms with Crippen LogP contribution in [0.1, 0.15) is 18.0 Å². The van der Waals surface area contributed by atoms with E-state index in [1.165, 1.54) is 0 Å². The van der Waals surface area contributed by atoms with Crippen LogP contribution in [-0.4, -0.2) is 29.2 Å². The van der Waals surface area contributed by atoms with Crippen LogP contribution >= 0.6 is 0 Å². The van der Waals surface area contributed by atoms with E-state index in [0.29, 0.717) is 13.0 Å². The smallest absolute Gasteiger partial charge is 0.128 e. The Morgan fingerprint density at radius 2 is 2.24 bits per heavy atom. The van der Waals surface area contributed by atoms with Crippen molar-refractivity contribution in [3.8, 4) is 6.07 Å². The van der Waals surface area contributed by atoms with Crippen molar-refractivity contribution >= 4 is 0 Å². The molecule has 3 nitrogen and oxygen atoms in total. The van der Waals surface area contributed by atoms with Gasteiger partial charge < -0.3 is 5.11 Å². The molecule has 90 valence electrons. The van der Waals surface area contributed by atoms with E-state index in [1.807, 2.05) is 6.07 Å². The number of nitriles is 1. The number of rotatable bonds is 2. The van der Waals surface area contributed by atoms with Gasteiger partial charge in [-0.3, -0.25) is 4.90 Å². The van der Waals surface area contributed by atoms with E-state index in [2.05, 4.69) is 0 Å². The van der Waals surface area contributed by atoms with Gasteiger partial charge in [0.1, 0.15) is 11.6 Å². The Kier molecular flexibility index (Phi) is 3.36. The molecule has 0 radical (unpaired) electrons. The Hall–Kier alpha value is -1.51. The van der Waals surface area contributed by atoms with Gasteiger partial charge in [-0.1, -0.05) is 0 Å². The number of hydrogen-bond acceptors (Lipinski definition) is 3. The second-order valence-corrected chi connectivity index (χ2v) is 4.16. The zero-order valence-corrected chi connectivity index (χ0v) is 9.11. The Morgan fingerprint density at radius 3 is 2.94 bits per heavy atom. The largest absolute Gasteiger partial charge is 0.392 e. The molecule has 1 N–H and O–H groups in total. The van der Waals surface area contributed by atoms with E-state index in [9.17, 15) is 13.9 Å². The van der Waals surface area contributed by atoms with E-state index in [4.69, 9.17) is 5.26 Å². The number of nitrogens with zero attached hydrogens (tertiary/aromatic N) is 2. The first-order chi connectivity index (χ1) is 8.11. The molecule has 5 heteroatoms. The third kappa shape index (κ3) is 2.43. The van der Waals surface area contributed by atoms with Crippen LogP contribution in [0.3, 0.4) is 0 Å². The predicted octanol–water partition coefficient (Wildman–Crippen LogP) is 1.60. The van der Waals surface area contributed by atoms with Crippen molar-refractivity contribution in [2.24, 2.45) is 0 Å². The molecule has 1 fully saturated rings. The lowest BCUT2D eigenvalue weighted by molar-refractivity contribution is 0.179. The molecule has 0 saturated carbocycles.